The second-order valence-electron chi connectivity index (χ2n) is 6.11. The van der Waals surface area contributed by atoms with E-state index >= 15 is 0 Å². The summed E-state index contributed by atoms with van der Waals surface area (Å²) in [6, 6.07) is 19.7. The van der Waals surface area contributed by atoms with E-state index in [1.54, 1.807) is 0 Å². The Hall–Kier alpha value is -2.56. The zero-order valence-electron chi connectivity index (χ0n) is 14.7. The third kappa shape index (κ3) is 4.54. The topological polar surface area (TPSA) is 48.4 Å². The van der Waals surface area contributed by atoms with Gasteiger partial charge in [0.2, 0.25) is 0 Å². The number of hydrogen-bond acceptors (Lipinski definition) is 4. The highest BCUT2D eigenvalue weighted by Crippen LogP contribution is 2.25. The predicted octanol–water partition coefficient (Wildman–Crippen LogP) is 4.65. The summed E-state index contributed by atoms with van der Waals surface area (Å²) in [5, 5.41) is 13.1. The van der Waals surface area contributed by atoms with E-state index in [9.17, 15) is 5.11 Å². The first-order valence-corrected chi connectivity index (χ1v) is 8.91. The van der Waals surface area contributed by atoms with Crippen LogP contribution in [0.1, 0.15) is 11.1 Å². The third-order valence-corrected chi connectivity index (χ3v) is 4.49. The number of anilines is 3. The molecule has 0 spiro atoms. The summed E-state index contributed by atoms with van der Waals surface area (Å²) in [7, 11) is 2.05. The van der Waals surface area contributed by atoms with Gasteiger partial charge in [-0.3, -0.25) is 0 Å². The normalized spacial score (nSPS) is 10.6. The van der Waals surface area contributed by atoms with Gasteiger partial charge in [0.15, 0.2) is 0 Å². The zero-order chi connectivity index (χ0) is 18.4. The molecule has 134 valence electrons. The summed E-state index contributed by atoms with van der Waals surface area (Å²) in [5.41, 5.74) is 4.21. The van der Waals surface area contributed by atoms with Gasteiger partial charge in [-0.15, -0.1) is 0 Å². The molecule has 0 atom stereocenters. The van der Waals surface area contributed by atoms with Crippen molar-refractivity contribution in [1.82, 2.24) is 4.98 Å². The van der Waals surface area contributed by atoms with E-state index in [2.05, 4.69) is 33.4 Å². The molecule has 1 heterocycles. The van der Waals surface area contributed by atoms with Crippen molar-refractivity contribution in [2.24, 2.45) is 0 Å². The molecular weight excluding hydrogens is 346 g/mol. The minimum atomic E-state index is 0.148. The molecule has 1 aromatic heterocycles. The Labute approximate surface area is 159 Å². The van der Waals surface area contributed by atoms with Gasteiger partial charge in [0.25, 0.3) is 0 Å². The number of halogens is 1. The van der Waals surface area contributed by atoms with Crippen LogP contribution in [0.4, 0.5) is 17.2 Å². The standard InChI is InChI=1S/C21H22ClN3O/c1-25(20-9-5-2-6-17(20)12-13-26)15-16-10-11-21(23-14-16)24-19-8-4-3-7-18(19)22/h2-11,14,26H,12-13,15H2,1H3,(H,23,24). The van der Waals surface area contributed by atoms with Gasteiger partial charge in [-0.05, 0) is 41.8 Å². The fourth-order valence-electron chi connectivity index (χ4n) is 2.87. The average molecular weight is 368 g/mol. The van der Waals surface area contributed by atoms with Gasteiger partial charge in [0.05, 0.1) is 10.7 Å². The van der Waals surface area contributed by atoms with Gasteiger partial charge in [-0.25, -0.2) is 4.98 Å². The van der Waals surface area contributed by atoms with E-state index in [-0.39, 0.29) is 6.61 Å². The lowest BCUT2D eigenvalue weighted by Crippen LogP contribution is -2.18. The highest BCUT2D eigenvalue weighted by atomic mass is 35.5. The van der Waals surface area contributed by atoms with Crippen molar-refractivity contribution in [1.29, 1.82) is 0 Å². The fraction of sp³-hybridized carbons (Fsp3) is 0.190. The molecule has 0 aliphatic heterocycles. The highest BCUT2D eigenvalue weighted by Gasteiger charge is 2.08. The Morgan fingerprint density at radius 1 is 1.04 bits per heavy atom. The second-order valence-corrected chi connectivity index (χ2v) is 6.52. The molecule has 26 heavy (non-hydrogen) atoms. The summed E-state index contributed by atoms with van der Waals surface area (Å²) in [5.74, 6) is 0.755. The molecule has 2 N–H and O–H groups in total. The average Bonchev–Trinajstić information content (AvgIpc) is 2.66. The van der Waals surface area contributed by atoms with Crippen molar-refractivity contribution in [3.63, 3.8) is 0 Å². The highest BCUT2D eigenvalue weighted by molar-refractivity contribution is 6.33. The molecule has 2 aromatic carbocycles. The van der Waals surface area contributed by atoms with Crippen molar-refractivity contribution in [2.45, 2.75) is 13.0 Å². The quantitative estimate of drug-likeness (QED) is 0.638. The maximum Gasteiger partial charge on any atom is 0.130 e. The number of pyridine rings is 1. The molecule has 4 nitrogen and oxygen atoms in total. The van der Waals surface area contributed by atoms with Crippen LogP contribution in [-0.2, 0) is 13.0 Å². The van der Waals surface area contributed by atoms with E-state index in [1.807, 2.05) is 55.7 Å². The Balaban J connectivity index is 1.68. The summed E-state index contributed by atoms with van der Waals surface area (Å²) in [4.78, 5) is 6.65. The van der Waals surface area contributed by atoms with Crippen LogP contribution < -0.4 is 10.2 Å². The van der Waals surface area contributed by atoms with Gasteiger partial charge < -0.3 is 15.3 Å². The number of hydrogen-bond donors (Lipinski definition) is 2. The summed E-state index contributed by atoms with van der Waals surface area (Å²) >= 11 is 6.17. The van der Waals surface area contributed by atoms with Crippen molar-refractivity contribution >= 4 is 28.8 Å². The summed E-state index contributed by atoms with van der Waals surface area (Å²) in [6.07, 6.45) is 2.52. The van der Waals surface area contributed by atoms with Crippen LogP contribution in [0.3, 0.4) is 0 Å². The SMILES string of the molecule is CN(Cc1ccc(Nc2ccccc2Cl)nc1)c1ccccc1CCO. The molecule has 0 aliphatic carbocycles. The first-order valence-electron chi connectivity index (χ1n) is 8.54. The van der Waals surface area contributed by atoms with E-state index < -0.39 is 0 Å². The molecule has 3 rings (SSSR count). The van der Waals surface area contributed by atoms with Gasteiger partial charge >= 0.3 is 0 Å². The molecule has 0 aliphatic rings. The van der Waals surface area contributed by atoms with E-state index in [0.29, 0.717) is 11.4 Å². The molecule has 0 saturated heterocycles. The zero-order valence-corrected chi connectivity index (χ0v) is 15.4. The lowest BCUT2D eigenvalue weighted by Gasteiger charge is -2.22. The minimum Gasteiger partial charge on any atom is -0.396 e. The van der Waals surface area contributed by atoms with Gasteiger partial charge in [-0.1, -0.05) is 48.0 Å². The number of aliphatic hydroxyl groups is 1. The summed E-state index contributed by atoms with van der Waals surface area (Å²) in [6.45, 7) is 0.886. The molecule has 0 saturated carbocycles. The molecule has 0 radical (unpaired) electrons. The Bertz CT molecular complexity index is 852. The Morgan fingerprint density at radius 3 is 2.54 bits per heavy atom. The first kappa shape index (κ1) is 18.2. The Kier molecular flexibility index (Phi) is 6.10. The van der Waals surface area contributed by atoms with Crippen molar-refractivity contribution < 1.29 is 5.11 Å². The predicted molar refractivity (Wildman–Crippen MR) is 108 cm³/mol. The molecule has 5 heteroatoms. The van der Waals surface area contributed by atoms with Crippen molar-refractivity contribution in [2.75, 3.05) is 23.9 Å². The number of benzene rings is 2. The molecule has 0 fully saturated rings. The number of nitrogens with zero attached hydrogens (tertiary/aromatic N) is 2. The molecule has 0 bridgehead atoms. The second kappa shape index (κ2) is 8.70. The number of aromatic nitrogens is 1. The van der Waals surface area contributed by atoms with Crippen molar-refractivity contribution in [3.05, 3.63) is 83.0 Å². The Morgan fingerprint density at radius 2 is 1.81 bits per heavy atom. The van der Waals surface area contributed by atoms with Crippen LogP contribution in [0.15, 0.2) is 66.9 Å². The third-order valence-electron chi connectivity index (χ3n) is 4.17. The van der Waals surface area contributed by atoms with Crippen LogP contribution >= 0.6 is 11.6 Å². The van der Waals surface area contributed by atoms with Gasteiger partial charge in [0.1, 0.15) is 5.82 Å². The number of nitrogens with one attached hydrogen (secondary N) is 1. The lowest BCUT2D eigenvalue weighted by molar-refractivity contribution is 0.299. The van der Waals surface area contributed by atoms with Crippen LogP contribution in [0.5, 0.6) is 0 Å². The molecule has 0 unspecified atom stereocenters. The lowest BCUT2D eigenvalue weighted by atomic mass is 10.1. The van der Waals surface area contributed by atoms with Gasteiger partial charge in [-0.2, -0.15) is 0 Å². The monoisotopic (exact) mass is 367 g/mol. The molecule has 3 aromatic rings. The van der Waals surface area contributed by atoms with Crippen LogP contribution in [-0.4, -0.2) is 23.7 Å². The van der Waals surface area contributed by atoms with E-state index in [1.165, 1.54) is 0 Å². The molecular formula is C21H22ClN3O. The maximum absolute atomic E-state index is 9.24. The van der Waals surface area contributed by atoms with E-state index in [4.69, 9.17) is 11.6 Å². The van der Waals surface area contributed by atoms with Crippen molar-refractivity contribution in [3.8, 4) is 0 Å². The first-order chi connectivity index (χ1) is 12.7. The number of aliphatic hydroxyl groups excluding tert-OH is 1. The largest absolute Gasteiger partial charge is 0.396 e. The molecule has 0 amide bonds. The summed E-state index contributed by atoms with van der Waals surface area (Å²) < 4.78 is 0. The minimum absolute atomic E-state index is 0.148. The van der Waals surface area contributed by atoms with Gasteiger partial charge in [0, 0.05) is 32.1 Å². The number of para-hydroxylation sites is 2. The maximum atomic E-state index is 9.24. The fourth-order valence-corrected chi connectivity index (χ4v) is 3.05. The van der Waals surface area contributed by atoms with Crippen LogP contribution in [0.2, 0.25) is 5.02 Å². The number of rotatable bonds is 7. The van der Waals surface area contributed by atoms with E-state index in [0.717, 1.165) is 34.9 Å². The smallest absolute Gasteiger partial charge is 0.130 e. The van der Waals surface area contributed by atoms with Crippen LogP contribution in [0.25, 0.3) is 0 Å². The van der Waals surface area contributed by atoms with Crippen LogP contribution in [0, 0.1) is 0 Å².